The van der Waals surface area contributed by atoms with E-state index < -0.39 is 0 Å². The largest absolute Gasteiger partial charge is 0.426 e. The first kappa shape index (κ1) is 11.3. The molecule has 0 aliphatic heterocycles. The van der Waals surface area contributed by atoms with E-state index in [1.54, 1.807) is 6.07 Å². The average Bonchev–Trinajstić information content (AvgIpc) is 2.20. The molecule has 0 radical (unpaired) electrons. The Bertz CT molecular complexity index is 405. The number of ether oxygens (including phenoxy) is 1. The monoisotopic (exact) mass is 203 g/mol. The Balaban J connectivity index is 2.62. The van der Waals surface area contributed by atoms with Crippen molar-refractivity contribution in [3.8, 4) is 11.8 Å². The van der Waals surface area contributed by atoms with Gasteiger partial charge in [0.25, 0.3) is 0 Å². The maximum absolute atomic E-state index is 11.2. The van der Waals surface area contributed by atoms with Crippen LogP contribution in [0.4, 0.5) is 0 Å². The zero-order valence-corrected chi connectivity index (χ0v) is 8.91. The number of esters is 1. The molecule has 0 saturated heterocycles. The first-order valence-corrected chi connectivity index (χ1v) is 4.78. The molecular weight excluding hydrogens is 190 g/mol. The lowest BCUT2D eigenvalue weighted by molar-refractivity contribution is -0.134. The molecule has 3 nitrogen and oxygen atoms in total. The van der Waals surface area contributed by atoms with Gasteiger partial charge >= 0.3 is 5.97 Å². The van der Waals surface area contributed by atoms with Gasteiger partial charge < -0.3 is 4.74 Å². The summed E-state index contributed by atoms with van der Waals surface area (Å²) < 4.78 is 5.06. The Morgan fingerprint density at radius 3 is 2.73 bits per heavy atom. The van der Waals surface area contributed by atoms with Crippen molar-refractivity contribution < 1.29 is 9.53 Å². The summed E-state index contributed by atoms with van der Waals surface area (Å²) in [4.78, 5) is 11.2. The summed E-state index contributed by atoms with van der Waals surface area (Å²) in [6.45, 7) is 3.96. The van der Waals surface area contributed by atoms with Crippen molar-refractivity contribution in [1.29, 1.82) is 5.26 Å². The normalized spacial score (nSPS) is 9.40. The molecule has 0 amide bonds. The summed E-state index contributed by atoms with van der Waals surface area (Å²) in [6, 6.07) is 7.38. The number of nitrogens with zero attached hydrogens (tertiary/aromatic N) is 1. The maximum Gasteiger partial charge on any atom is 0.312 e. The zero-order chi connectivity index (χ0) is 11.3. The second kappa shape index (κ2) is 5.16. The summed E-state index contributed by atoms with van der Waals surface area (Å²) in [5, 5.41) is 8.30. The van der Waals surface area contributed by atoms with Crippen molar-refractivity contribution in [2.75, 3.05) is 0 Å². The summed E-state index contributed by atoms with van der Waals surface area (Å²) >= 11 is 0. The second-order valence-electron chi connectivity index (χ2n) is 3.38. The highest BCUT2D eigenvalue weighted by atomic mass is 16.5. The quantitative estimate of drug-likeness (QED) is 0.560. The van der Waals surface area contributed by atoms with Gasteiger partial charge in [0.2, 0.25) is 0 Å². The highest BCUT2D eigenvalue weighted by molar-refractivity contribution is 5.72. The van der Waals surface area contributed by atoms with E-state index in [2.05, 4.69) is 0 Å². The van der Waals surface area contributed by atoms with Gasteiger partial charge in [0.15, 0.2) is 0 Å². The third kappa shape index (κ3) is 3.43. The van der Waals surface area contributed by atoms with Crippen molar-refractivity contribution in [3.63, 3.8) is 0 Å². The molecule has 0 atom stereocenters. The van der Waals surface area contributed by atoms with Crippen LogP contribution in [0.1, 0.15) is 24.0 Å². The van der Waals surface area contributed by atoms with E-state index in [1.165, 1.54) is 0 Å². The van der Waals surface area contributed by atoms with E-state index in [9.17, 15) is 4.79 Å². The zero-order valence-electron chi connectivity index (χ0n) is 8.91. The number of benzene rings is 1. The van der Waals surface area contributed by atoms with Gasteiger partial charge in [-0.25, -0.2) is 0 Å². The van der Waals surface area contributed by atoms with Gasteiger partial charge in [-0.2, -0.15) is 5.26 Å². The minimum Gasteiger partial charge on any atom is -0.426 e. The summed E-state index contributed by atoms with van der Waals surface area (Å²) in [6.07, 6.45) is 0.340. The van der Waals surface area contributed by atoms with E-state index in [0.29, 0.717) is 5.75 Å². The lowest BCUT2D eigenvalue weighted by atomic mass is 10.1. The molecule has 0 fully saturated rings. The Morgan fingerprint density at radius 2 is 2.13 bits per heavy atom. The molecule has 0 aromatic heterocycles. The molecule has 0 unspecified atom stereocenters. The number of carbonyl (C=O) groups excluding carboxylic acids is 1. The third-order valence-corrected chi connectivity index (χ3v) is 2.15. The first-order valence-electron chi connectivity index (χ1n) is 4.78. The fourth-order valence-corrected chi connectivity index (χ4v) is 1.12. The van der Waals surface area contributed by atoms with Crippen LogP contribution < -0.4 is 4.74 Å². The Hall–Kier alpha value is -1.82. The minimum absolute atomic E-state index is 0.142. The molecular formula is C12H13NO2. The van der Waals surface area contributed by atoms with Gasteiger partial charge in [0.05, 0.1) is 12.5 Å². The molecule has 1 aromatic rings. The van der Waals surface area contributed by atoms with Crippen LogP contribution >= 0.6 is 0 Å². The average molecular weight is 203 g/mol. The number of hydrogen-bond donors (Lipinski definition) is 0. The molecule has 0 heterocycles. The Labute approximate surface area is 89.3 Å². The molecule has 1 rings (SSSR count). The van der Waals surface area contributed by atoms with Crippen LogP contribution in [0.2, 0.25) is 0 Å². The fourth-order valence-electron chi connectivity index (χ4n) is 1.12. The molecule has 3 heteroatoms. The van der Waals surface area contributed by atoms with Gasteiger partial charge in [-0.15, -0.1) is 0 Å². The van der Waals surface area contributed by atoms with Gasteiger partial charge in [0, 0.05) is 6.42 Å². The van der Waals surface area contributed by atoms with Gasteiger partial charge in [0.1, 0.15) is 5.75 Å². The van der Waals surface area contributed by atoms with Crippen LogP contribution in [0, 0.1) is 25.2 Å². The topological polar surface area (TPSA) is 50.1 Å². The van der Waals surface area contributed by atoms with E-state index in [-0.39, 0.29) is 18.8 Å². The predicted molar refractivity (Wildman–Crippen MR) is 56.4 cm³/mol. The van der Waals surface area contributed by atoms with Crippen molar-refractivity contribution in [2.24, 2.45) is 0 Å². The predicted octanol–water partition coefficient (Wildman–Crippen LogP) is 2.51. The summed E-state index contributed by atoms with van der Waals surface area (Å²) in [7, 11) is 0. The first-order chi connectivity index (χ1) is 7.13. The second-order valence-corrected chi connectivity index (χ2v) is 3.38. The van der Waals surface area contributed by atoms with Crippen molar-refractivity contribution >= 4 is 5.97 Å². The van der Waals surface area contributed by atoms with Crippen molar-refractivity contribution in [3.05, 3.63) is 29.3 Å². The smallest absolute Gasteiger partial charge is 0.312 e. The molecule has 78 valence electrons. The fraction of sp³-hybridized carbons (Fsp3) is 0.333. The molecule has 1 aromatic carbocycles. The number of aryl methyl sites for hydroxylation is 2. The van der Waals surface area contributed by atoms with E-state index >= 15 is 0 Å². The van der Waals surface area contributed by atoms with E-state index in [0.717, 1.165) is 11.1 Å². The molecule has 0 aliphatic carbocycles. The van der Waals surface area contributed by atoms with Crippen LogP contribution in [0.25, 0.3) is 0 Å². The number of nitriles is 1. The Kier molecular flexibility index (Phi) is 3.87. The van der Waals surface area contributed by atoms with Crippen LogP contribution in [0.15, 0.2) is 18.2 Å². The number of carbonyl (C=O) groups is 1. The Morgan fingerprint density at radius 1 is 1.40 bits per heavy atom. The van der Waals surface area contributed by atoms with Gasteiger partial charge in [-0.1, -0.05) is 6.07 Å². The van der Waals surface area contributed by atoms with Crippen molar-refractivity contribution in [1.82, 2.24) is 0 Å². The molecule has 0 spiro atoms. The van der Waals surface area contributed by atoms with Crippen molar-refractivity contribution in [2.45, 2.75) is 26.7 Å². The van der Waals surface area contributed by atoms with E-state index in [1.807, 2.05) is 32.0 Å². The molecule has 0 aliphatic rings. The molecule has 0 bridgehead atoms. The number of hydrogen-bond acceptors (Lipinski definition) is 3. The summed E-state index contributed by atoms with van der Waals surface area (Å²) in [5.41, 5.74) is 2.24. The van der Waals surface area contributed by atoms with Crippen LogP contribution in [-0.4, -0.2) is 5.97 Å². The van der Waals surface area contributed by atoms with Crippen LogP contribution in [0.3, 0.4) is 0 Å². The molecule has 0 saturated carbocycles. The SMILES string of the molecule is Cc1ccc(OC(=O)CCC#N)cc1C. The standard InChI is InChI=1S/C12H13NO2/c1-9-5-6-11(8-10(9)2)15-12(14)4-3-7-13/h5-6,8H,3-4H2,1-2H3. The maximum atomic E-state index is 11.2. The van der Waals surface area contributed by atoms with Gasteiger partial charge in [-0.05, 0) is 37.1 Å². The highest BCUT2D eigenvalue weighted by Gasteiger charge is 2.04. The van der Waals surface area contributed by atoms with E-state index in [4.69, 9.17) is 10.00 Å². The highest BCUT2D eigenvalue weighted by Crippen LogP contribution is 2.16. The lowest BCUT2D eigenvalue weighted by Gasteiger charge is -2.05. The molecule has 15 heavy (non-hydrogen) atoms. The third-order valence-electron chi connectivity index (χ3n) is 2.15. The van der Waals surface area contributed by atoms with Crippen LogP contribution in [-0.2, 0) is 4.79 Å². The van der Waals surface area contributed by atoms with Crippen LogP contribution in [0.5, 0.6) is 5.75 Å². The van der Waals surface area contributed by atoms with Gasteiger partial charge in [-0.3, -0.25) is 4.79 Å². The molecule has 0 N–H and O–H groups in total. The lowest BCUT2D eigenvalue weighted by Crippen LogP contribution is -2.07. The minimum atomic E-state index is -0.361. The number of rotatable bonds is 3. The summed E-state index contributed by atoms with van der Waals surface area (Å²) in [5.74, 6) is 0.181.